The molecule has 1 heterocycles. The monoisotopic (exact) mass is 245 g/mol. The van der Waals surface area contributed by atoms with Gasteiger partial charge >= 0.3 is 0 Å². The lowest BCUT2D eigenvalue weighted by Crippen LogP contribution is -2.24. The number of nitrogens with zero attached hydrogens (tertiary/aromatic N) is 2. The largest absolute Gasteiger partial charge is 0.349 e. The molecule has 1 aromatic rings. The van der Waals surface area contributed by atoms with Crippen LogP contribution >= 0.6 is 0 Å². The maximum Gasteiger partial charge on any atom is 0.129 e. The van der Waals surface area contributed by atoms with Crippen LogP contribution in [-0.2, 0) is 0 Å². The van der Waals surface area contributed by atoms with Crippen molar-refractivity contribution in [2.45, 2.75) is 19.9 Å². The van der Waals surface area contributed by atoms with E-state index in [1.165, 1.54) is 5.56 Å². The van der Waals surface area contributed by atoms with E-state index in [4.69, 9.17) is 0 Å². The van der Waals surface area contributed by atoms with Crippen LogP contribution in [0.2, 0.25) is 0 Å². The smallest absolute Gasteiger partial charge is 0.129 e. The Morgan fingerprint density at radius 1 is 1.33 bits per heavy atom. The fourth-order valence-corrected chi connectivity index (χ4v) is 1.84. The lowest BCUT2D eigenvalue weighted by molar-refractivity contribution is 0.596. The lowest BCUT2D eigenvalue weighted by Gasteiger charge is -2.21. The summed E-state index contributed by atoms with van der Waals surface area (Å²) in [5, 5.41) is 3.37. The molecule has 0 aliphatic heterocycles. The first-order chi connectivity index (χ1) is 8.72. The summed E-state index contributed by atoms with van der Waals surface area (Å²) in [4.78, 5) is 6.64. The Kier molecular flexibility index (Phi) is 6.15. The van der Waals surface area contributed by atoms with Crippen LogP contribution in [0.1, 0.15) is 25.5 Å². The van der Waals surface area contributed by atoms with E-state index in [9.17, 15) is 0 Å². The zero-order valence-electron chi connectivity index (χ0n) is 11.4. The molecule has 0 saturated heterocycles. The molecule has 0 aliphatic carbocycles. The van der Waals surface area contributed by atoms with Crippen molar-refractivity contribution in [2.75, 3.05) is 24.5 Å². The molecule has 0 radical (unpaired) electrons. The van der Waals surface area contributed by atoms with E-state index in [0.29, 0.717) is 6.04 Å². The normalized spacial score (nSPS) is 11.9. The molecular formula is C15H23N3. The van der Waals surface area contributed by atoms with Crippen LogP contribution in [-0.4, -0.2) is 24.6 Å². The van der Waals surface area contributed by atoms with Gasteiger partial charge in [-0.25, -0.2) is 4.98 Å². The van der Waals surface area contributed by atoms with Gasteiger partial charge < -0.3 is 10.2 Å². The third kappa shape index (κ3) is 4.00. The van der Waals surface area contributed by atoms with Gasteiger partial charge in [-0.1, -0.05) is 25.1 Å². The van der Waals surface area contributed by atoms with E-state index >= 15 is 0 Å². The van der Waals surface area contributed by atoms with Crippen LogP contribution in [0, 0.1) is 0 Å². The highest BCUT2D eigenvalue weighted by atomic mass is 15.2. The molecule has 1 rings (SSSR count). The average Bonchev–Trinajstić information content (AvgIpc) is 2.39. The standard InChI is InChI=1S/C15H23N3/c1-5-10-18(11-6-2)15-9-8-14(12-17-15)13(4)16-7-3/h5-6,8-9,12-13,16H,1-2,7,10-11H2,3-4H3. The Hall–Kier alpha value is -1.61. The second-order valence-electron chi connectivity index (χ2n) is 4.21. The molecule has 0 bridgehead atoms. The Balaban J connectivity index is 2.79. The molecule has 98 valence electrons. The summed E-state index contributed by atoms with van der Waals surface area (Å²) in [5.74, 6) is 0.960. The van der Waals surface area contributed by atoms with Crippen LogP contribution in [0.4, 0.5) is 5.82 Å². The first-order valence-electron chi connectivity index (χ1n) is 6.39. The maximum absolute atomic E-state index is 4.51. The lowest BCUT2D eigenvalue weighted by atomic mass is 10.1. The molecule has 1 atom stereocenters. The van der Waals surface area contributed by atoms with Gasteiger partial charge in [0.1, 0.15) is 5.82 Å². The number of pyridine rings is 1. The van der Waals surface area contributed by atoms with E-state index in [-0.39, 0.29) is 0 Å². The van der Waals surface area contributed by atoms with Gasteiger partial charge in [0, 0.05) is 25.3 Å². The maximum atomic E-state index is 4.51. The Labute approximate surface area is 110 Å². The van der Waals surface area contributed by atoms with Crippen LogP contribution in [0.3, 0.4) is 0 Å². The summed E-state index contributed by atoms with van der Waals surface area (Å²) >= 11 is 0. The summed E-state index contributed by atoms with van der Waals surface area (Å²) in [6, 6.07) is 4.51. The van der Waals surface area contributed by atoms with Gasteiger partial charge in [-0.05, 0) is 25.1 Å². The van der Waals surface area contributed by atoms with Crippen molar-refractivity contribution in [1.82, 2.24) is 10.3 Å². The SMILES string of the molecule is C=CCN(CC=C)c1ccc(C(C)NCC)cn1. The summed E-state index contributed by atoms with van der Waals surface area (Å²) < 4.78 is 0. The molecule has 1 aromatic heterocycles. The zero-order chi connectivity index (χ0) is 13.4. The van der Waals surface area contributed by atoms with Gasteiger partial charge in [-0.15, -0.1) is 13.2 Å². The molecule has 3 heteroatoms. The number of nitrogens with one attached hydrogen (secondary N) is 1. The van der Waals surface area contributed by atoms with Gasteiger partial charge in [0.25, 0.3) is 0 Å². The van der Waals surface area contributed by atoms with E-state index in [2.05, 4.69) is 54.3 Å². The topological polar surface area (TPSA) is 28.2 Å². The van der Waals surface area contributed by atoms with E-state index in [1.807, 2.05) is 18.3 Å². The molecule has 0 fully saturated rings. The fourth-order valence-electron chi connectivity index (χ4n) is 1.84. The van der Waals surface area contributed by atoms with Crippen molar-refractivity contribution in [3.8, 4) is 0 Å². The van der Waals surface area contributed by atoms with E-state index in [1.54, 1.807) is 0 Å². The molecule has 0 aromatic carbocycles. The second-order valence-corrected chi connectivity index (χ2v) is 4.21. The van der Waals surface area contributed by atoms with Crippen LogP contribution < -0.4 is 10.2 Å². The van der Waals surface area contributed by atoms with Crippen molar-refractivity contribution in [2.24, 2.45) is 0 Å². The van der Waals surface area contributed by atoms with Crippen molar-refractivity contribution in [1.29, 1.82) is 0 Å². The molecule has 3 nitrogen and oxygen atoms in total. The Bertz CT molecular complexity index is 360. The zero-order valence-corrected chi connectivity index (χ0v) is 11.4. The third-order valence-corrected chi connectivity index (χ3v) is 2.80. The highest BCUT2D eigenvalue weighted by Crippen LogP contribution is 2.16. The van der Waals surface area contributed by atoms with Gasteiger partial charge in [-0.3, -0.25) is 0 Å². The molecule has 0 aliphatic rings. The van der Waals surface area contributed by atoms with Crippen molar-refractivity contribution in [3.05, 3.63) is 49.2 Å². The highest BCUT2D eigenvalue weighted by molar-refractivity contribution is 5.41. The van der Waals surface area contributed by atoms with Gasteiger partial charge in [0.2, 0.25) is 0 Å². The molecule has 18 heavy (non-hydrogen) atoms. The quantitative estimate of drug-likeness (QED) is 0.714. The van der Waals surface area contributed by atoms with Crippen molar-refractivity contribution < 1.29 is 0 Å². The first kappa shape index (κ1) is 14.5. The number of aromatic nitrogens is 1. The van der Waals surface area contributed by atoms with Crippen LogP contribution in [0.5, 0.6) is 0 Å². The molecule has 0 spiro atoms. The Morgan fingerprint density at radius 2 is 2.00 bits per heavy atom. The van der Waals surface area contributed by atoms with Crippen molar-refractivity contribution >= 4 is 5.82 Å². The predicted molar refractivity (Wildman–Crippen MR) is 78.9 cm³/mol. The number of hydrogen-bond acceptors (Lipinski definition) is 3. The van der Waals surface area contributed by atoms with Gasteiger partial charge in [0.05, 0.1) is 0 Å². The minimum absolute atomic E-state index is 0.337. The third-order valence-electron chi connectivity index (χ3n) is 2.80. The van der Waals surface area contributed by atoms with Crippen LogP contribution in [0.15, 0.2) is 43.6 Å². The minimum Gasteiger partial charge on any atom is -0.349 e. The molecule has 0 amide bonds. The van der Waals surface area contributed by atoms with E-state index in [0.717, 1.165) is 25.5 Å². The molecule has 1 N–H and O–H groups in total. The molecular weight excluding hydrogens is 222 g/mol. The predicted octanol–water partition coefficient (Wildman–Crippen LogP) is 2.93. The Morgan fingerprint density at radius 3 is 2.44 bits per heavy atom. The highest BCUT2D eigenvalue weighted by Gasteiger charge is 2.07. The van der Waals surface area contributed by atoms with Gasteiger partial charge in [0.15, 0.2) is 0 Å². The minimum atomic E-state index is 0.337. The summed E-state index contributed by atoms with van der Waals surface area (Å²) in [7, 11) is 0. The summed E-state index contributed by atoms with van der Waals surface area (Å²) in [6.07, 6.45) is 5.68. The first-order valence-corrected chi connectivity index (χ1v) is 6.39. The van der Waals surface area contributed by atoms with E-state index < -0.39 is 0 Å². The van der Waals surface area contributed by atoms with Crippen LogP contribution in [0.25, 0.3) is 0 Å². The number of anilines is 1. The fraction of sp³-hybridized carbons (Fsp3) is 0.400. The second kappa shape index (κ2) is 7.67. The summed E-state index contributed by atoms with van der Waals surface area (Å²) in [5.41, 5.74) is 1.21. The number of hydrogen-bond donors (Lipinski definition) is 1. The summed E-state index contributed by atoms with van der Waals surface area (Å²) in [6.45, 7) is 14.3. The average molecular weight is 245 g/mol. The van der Waals surface area contributed by atoms with Gasteiger partial charge in [-0.2, -0.15) is 0 Å². The van der Waals surface area contributed by atoms with Crippen molar-refractivity contribution in [3.63, 3.8) is 0 Å². The molecule has 0 saturated carbocycles. The number of rotatable bonds is 8. The molecule has 1 unspecified atom stereocenters.